The molecule has 2 N–H and O–H groups in total. The second kappa shape index (κ2) is 5.25. The predicted molar refractivity (Wildman–Crippen MR) is 61.7 cm³/mol. The highest BCUT2D eigenvalue weighted by Gasteiger charge is 2.37. The Morgan fingerprint density at radius 2 is 2.53 bits per heavy atom. The third-order valence-corrected chi connectivity index (χ3v) is 2.94. The molecule has 0 amide bonds. The predicted octanol–water partition coefficient (Wildman–Crippen LogP) is -0.00170. The summed E-state index contributed by atoms with van der Waals surface area (Å²) in [6, 6.07) is 3.22. The van der Waals surface area contributed by atoms with E-state index in [0.717, 1.165) is 0 Å². The molecule has 1 aliphatic rings. The quantitative estimate of drug-likeness (QED) is 0.770. The molecule has 0 aliphatic carbocycles. The van der Waals surface area contributed by atoms with E-state index in [4.69, 9.17) is 9.84 Å². The van der Waals surface area contributed by atoms with Crippen LogP contribution in [0.4, 0.5) is 0 Å². The van der Waals surface area contributed by atoms with Crippen molar-refractivity contribution in [2.75, 3.05) is 13.2 Å². The largest absolute Gasteiger partial charge is 0.487 e. The molecule has 1 aromatic heterocycles. The molecule has 1 aromatic rings. The zero-order valence-corrected chi connectivity index (χ0v) is 9.67. The Balaban J connectivity index is 1.97. The molecule has 5 heteroatoms. The molecule has 0 saturated carbocycles. The van der Waals surface area contributed by atoms with Crippen LogP contribution in [-0.2, 0) is 4.79 Å². The van der Waals surface area contributed by atoms with Gasteiger partial charge in [0.15, 0.2) is 5.78 Å². The lowest BCUT2D eigenvalue weighted by Gasteiger charge is -2.20. The van der Waals surface area contributed by atoms with Crippen LogP contribution in [-0.4, -0.2) is 41.2 Å². The number of Topliss-reactive ketones (excluding diaryl/α,β-unsaturated/α-hetero) is 1. The molecule has 0 spiro atoms. The van der Waals surface area contributed by atoms with Crippen LogP contribution in [0.2, 0.25) is 0 Å². The minimum Gasteiger partial charge on any atom is -0.487 e. The summed E-state index contributed by atoms with van der Waals surface area (Å²) >= 11 is 0. The number of rotatable bonds is 4. The summed E-state index contributed by atoms with van der Waals surface area (Å²) in [5, 5.41) is 12.1. The van der Waals surface area contributed by atoms with Gasteiger partial charge in [-0.25, -0.2) is 0 Å². The van der Waals surface area contributed by atoms with Gasteiger partial charge in [-0.3, -0.25) is 9.78 Å². The smallest absolute Gasteiger partial charge is 0.160 e. The Morgan fingerprint density at radius 1 is 1.71 bits per heavy atom. The molecule has 0 radical (unpaired) electrons. The summed E-state index contributed by atoms with van der Waals surface area (Å²) in [5.74, 6) is 0.353. The van der Waals surface area contributed by atoms with E-state index in [9.17, 15) is 4.79 Å². The summed E-state index contributed by atoms with van der Waals surface area (Å²) in [4.78, 5) is 15.8. The van der Waals surface area contributed by atoms with Crippen molar-refractivity contribution < 1.29 is 14.6 Å². The summed E-state index contributed by atoms with van der Waals surface area (Å²) in [6.45, 7) is 2.24. The Hall–Kier alpha value is -1.46. The van der Waals surface area contributed by atoms with Gasteiger partial charge >= 0.3 is 0 Å². The first kappa shape index (κ1) is 12.0. The molecule has 92 valence electrons. The molecular formula is C12H16N2O3. The van der Waals surface area contributed by atoms with Gasteiger partial charge in [0.1, 0.15) is 17.9 Å². The van der Waals surface area contributed by atoms with Gasteiger partial charge in [-0.15, -0.1) is 0 Å². The van der Waals surface area contributed by atoms with Gasteiger partial charge in [0.05, 0.1) is 18.7 Å². The van der Waals surface area contributed by atoms with E-state index < -0.39 is 0 Å². The third kappa shape index (κ3) is 2.62. The van der Waals surface area contributed by atoms with Crippen LogP contribution in [0.3, 0.4) is 0 Å². The van der Waals surface area contributed by atoms with E-state index in [1.807, 2.05) is 6.92 Å². The van der Waals surface area contributed by atoms with Gasteiger partial charge in [0, 0.05) is 12.7 Å². The van der Waals surface area contributed by atoms with Crippen molar-refractivity contribution in [2.24, 2.45) is 5.92 Å². The Bertz CT molecular complexity index is 383. The lowest BCUT2D eigenvalue weighted by Crippen LogP contribution is -2.41. The van der Waals surface area contributed by atoms with Gasteiger partial charge < -0.3 is 15.2 Å². The van der Waals surface area contributed by atoms with Crippen molar-refractivity contribution in [3.8, 4) is 5.75 Å². The first-order valence-electron chi connectivity index (χ1n) is 5.67. The van der Waals surface area contributed by atoms with Crippen molar-refractivity contribution in [1.82, 2.24) is 10.3 Å². The van der Waals surface area contributed by atoms with Crippen LogP contribution in [0.5, 0.6) is 5.75 Å². The minimum absolute atomic E-state index is 0.0175. The van der Waals surface area contributed by atoms with Gasteiger partial charge in [-0.2, -0.15) is 0 Å². The molecular weight excluding hydrogens is 220 g/mol. The second-order valence-electron chi connectivity index (χ2n) is 4.18. The van der Waals surface area contributed by atoms with E-state index in [0.29, 0.717) is 12.3 Å². The van der Waals surface area contributed by atoms with Crippen molar-refractivity contribution >= 4 is 5.78 Å². The first-order valence-corrected chi connectivity index (χ1v) is 5.67. The second-order valence-corrected chi connectivity index (χ2v) is 4.18. The van der Waals surface area contributed by atoms with Crippen molar-refractivity contribution in [2.45, 2.75) is 19.1 Å². The number of nitrogens with zero attached hydrogens (tertiary/aromatic N) is 1. The zero-order valence-electron chi connectivity index (χ0n) is 9.67. The number of aliphatic hydroxyl groups is 1. The third-order valence-electron chi connectivity index (χ3n) is 2.94. The fourth-order valence-electron chi connectivity index (χ4n) is 1.98. The fourth-order valence-corrected chi connectivity index (χ4v) is 1.98. The topological polar surface area (TPSA) is 71.4 Å². The number of carbonyl (C=O) groups is 1. The van der Waals surface area contributed by atoms with Crippen LogP contribution < -0.4 is 10.1 Å². The monoisotopic (exact) mass is 236 g/mol. The van der Waals surface area contributed by atoms with Crippen LogP contribution in [0.25, 0.3) is 0 Å². The summed E-state index contributed by atoms with van der Waals surface area (Å²) < 4.78 is 5.63. The number of ether oxygens (including phenoxy) is 1. The number of pyridine rings is 1. The number of ketones is 1. The van der Waals surface area contributed by atoms with Gasteiger partial charge in [-0.1, -0.05) is 0 Å². The molecule has 0 bridgehead atoms. The van der Waals surface area contributed by atoms with Crippen LogP contribution in [0.1, 0.15) is 6.92 Å². The average Bonchev–Trinajstić information content (AvgIpc) is 2.71. The average molecular weight is 236 g/mol. The maximum atomic E-state index is 11.9. The molecule has 2 rings (SSSR count). The van der Waals surface area contributed by atoms with Crippen LogP contribution in [0.15, 0.2) is 24.5 Å². The maximum absolute atomic E-state index is 11.9. The van der Waals surface area contributed by atoms with Crippen molar-refractivity contribution in [3.05, 3.63) is 24.5 Å². The minimum atomic E-state index is -0.354. The SMILES string of the molecule is CC(Oc1cccnc1)[C@@H]1NCC(CO)C1=O. The molecule has 1 aliphatic heterocycles. The number of carbonyl (C=O) groups excluding carboxylic acids is 1. The lowest BCUT2D eigenvalue weighted by molar-refractivity contribution is -0.124. The molecule has 5 nitrogen and oxygen atoms in total. The summed E-state index contributed by atoms with van der Waals surface area (Å²) in [6.07, 6.45) is 3.00. The first-order chi connectivity index (χ1) is 8.22. The number of nitrogens with one attached hydrogen (secondary N) is 1. The standard InChI is InChI=1S/C12H16N2O3/c1-8(17-10-3-2-4-13-6-10)11-12(16)9(7-15)5-14-11/h2-4,6,8-9,11,14-15H,5,7H2,1H3/t8?,9?,11-/m0/s1. The Morgan fingerprint density at radius 3 is 3.12 bits per heavy atom. The van der Waals surface area contributed by atoms with Gasteiger partial charge in [0.25, 0.3) is 0 Å². The van der Waals surface area contributed by atoms with E-state index in [2.05, 4.69) is 10.3 Å². The zero-order chi connectivity index (χ0) is 12.3. The molecule has 3 atom stereocenters. The highest BCUT2D eigenvalue weighted by atomic mass is 16.5. The molecule has 2 heterocycles. The van der Waals surface area contributed by atoms with Crippen molar-refractivity contribution in [1.29, 1.82) is 0 Å². The van der Waals surface area contributed by atoms with Gasteiger partial charge in [0.2, 0.25) is 0 Å². The van der Waals surface area contributed by atoms with Crippen molar-refractivity contribution in [3.63, 3.8) is 0 Å². The van der Waals surface area contributed by atoms with Crippen LogP contribution >= 0.6 is 0 Å². The number of hydrogen-bond acceptors (Lipinski definition) is 5. The highest BCUT2D eigenvalue weighted by molar-refractivity contribution is 5.89. The molecule has 17 heavy (non-hydrogen) atoms. The van der Waals surface area contributed by atoms with E-state index in [1.165, 1.54) is 0 Å². The number of aromatic nitrogens is 1. The lowest BCUT2D eigenvalue weighted by atomic mass is 10.0. The van der Waals surface area contributed by atoms with Gasteiger partial charge in [-0.05, 0) is 19.1 Å². The molecule has 2 unspecified atom stereocenters. The van der Waals surface area contributed by atoms with E-state index in [-0.39, 0.29) is 30.5 Å². The maximum Gasteiger partial charge on any atom is 0.160 e. The van der Waals surface area contributed by atoms with E-state index in [1.54, 1.807) is 24.5 Å². The molecule has 1 fully saturated rings. The Labute approximate surface area is 99.8 Å². The number of hydrogen-bond donors (Lipinski definition) is 2. The van der Waals surface area contributed by atoms with Crippen LogP contribution in [0, 0.1) is 5.92 Å². The number of aliphatic hydroxyl groups excluding tert-OH is 1. The molecule has 0 aromatic carbocycles. The Kier molecular flexibility index (Phi) is 3.71. The summed E-state index contributed by atoms with van der Waals surface area (Å²) in [7, 11) is 0. The van der Waals surface area contributed by atoms with E-state index >= 15 is 0 Å². The fraction of sp³-hybridized carbons (Fsp3) is 0.500. The summed E-state index contributed by atoms with van der Waals surface area (Å²) in [5.41, 5.74) is 0. The normalized spacial score (nSPS) is 25.9. The molecule has 1 saturated heterocycles. The highest BCUT2D eigenvalue weighted by Crippen LogP contribution is 2.17.